The molecule has 1 aromatic carbocycles. The van der Waals surface area contributed by atoms with Crippen LogP contribution in [-0.2, 0) is 6.54 Å². The number of β-amino-alcohol motifs (C(OH)–C–C–N with tert-alkyl or cyclic N) is 1. The summed E-state index contributed by atoms with van der Waals surface area (Å²) in [6, 6.07) is 7.95. The first-order valence-electron chi connectivity index (χ1n) is 13.6. The highest BCUT2D eigenvalue weighted by molar-refractivity contribution is 7.22. The number of aliphatic hydroxyl groups is 1. The van der Waals surface area contributed by atoms with Gasteiger partial charge in [-0.05, 0) is 31.0 Å². The average Bonchev–Trinajstić information content (AvgIpc) is 3.44. The van der Waals surface area contributed by atoms with Gasteiger partial charge in [0.05, 0.1) is 33.7 Å². The monoisotopic (exact) mass is 565 g/mol. The van der Waals surface area contributed by atoms with Crippen molar-refractivity contribution in [1.82, 2.24) is 29.7 Å². The van der Waals surface area contributed by atoms with Crippen LogP contribution in [-0.4, -0.2) is 87.4 Å². The predicted octanol–water partition coefficient (Wildman–Crippen LogP) is 3.99. The fraction of sp³-hybridized carbons (Fsp3) is 0.393. The lowest BCUT2D eigenvalue weighted by atomic mass is 10.3. The van der Waals surface area contributed by atoms with Crippen LogP contribution in [0, 0.1) is 5.82 Å². The van der Waals surface area contributed by atoms with Crippen LogP contribution in [0.5, 0.6) is 11.5 Å². The van der Waals surface area contributed by atoms with Gasteiger partial charge in [-0.15, -0.1) is 11.3 Å². The van der Waals surface area contributed by atoms with E-state index in [9.17, 15) is 9.18 Å². The minimum atomic E-state index is -0.570. The first-order chi connectivity index (χ1) is 19.5. The Bertz CT molecular complexity index is 1480. The molecule has 4 heterocycles. The molecule has 210 valence electrons. The van der Waals surface area contributed by atoms with E-state index in [-0.39, 0.29) is 24.4 Å². The minimum Gasteiger partial charge on any atom is -0.453 e. The number of halogens is 1. The number of aromatic nitrogens is 3. The molecule has 2 fully saturated rings. The largest absolute Gasteiger partial charge is 0.453 e. The van der Waals surface area contributed by atoms with Crippen molar-refractivity contribution in [1.29, 1.82) is 0 Å². The van der Waals surface area contributed by atoms with Gasteiger partial charge in [-0.2, -0.15) is 0 Å². The Balaban J connectivity index is 1.10. The summed E-state index contributed by atoms with van der Waals surface area (Å²) >= 11 is 1.50. The summed E-state index contributed by atoms with van der Waals surface area (Å²) in [5.41, 5.74) is 1.97. The highest BCUT2D eigenvalue weighted by Crippen LogP contribution is 2.39. The van der Waals surface area contributed by atoms with Crippen LogP contribution in [0.1, 0.15) is 12.8 Å². The summed E-state index contributed by atoms with van der Waals surface area (Å²) in [6.45, 7) is 6.71. The van der Waals surface area contributed by atoms with Gasteiger partial charge in [0.15, 0.2) is 11.6 Å². The van der Waals surface area contributed by atoms with Gasteiger partial charge in [-0.3, -0.25) is 14.8 Å². The molecule has 40 heavy (non-hydrogen) atoms. The molecule has 0 atom stereocenters. The lowest BCUT2D eigenvalue weighted by molar-refractivity contribution is 0.110. The smallest absolute Gasteiger partial charge is 0.319 e. The third kappa shape index (κ3) is 6.41. The number of nitrogens with zero attached hydrogens (tertiary/aromatic N) is 5. The molecule has 1 aliphatic carbocycles. The number of ether oxygens (including phenoxy) is 1. The summed E-state index contributed by atoms with van der Waals surface area (Å²) in [5.74, 6) is 0.00343. The molecule has 0 bridgehead atoms. The molecule has 0 radical (unpaired) electrons. The number of pyridine rings is 1. The van der Waals surface area contributed by atoms with Gasteiger partial charge >= 0.3 is 6.03 Å². The molecule has 12 heteroatoms. The Hall–Kier alpha value is -3.58. The number of nitrogens with one attached hydrogen (secondary N) is 2. The van der Waals surface area contributed by atoms with Gasteiger partial charge in [-0.1, -0.05) is 0 Å². The number of benzene rings is 1. The van der Waals surface area contributed by atoms with Crippen molar-refractivity contribution in [3.63, 3.8) is 0 Å². The number of rotatable bonds is 10. The maximum atomic E-state index is 14.9. The number of anilines is 1. The Morgan fingerprint density at radius 2 is 1.85 bits per heavy atom. The molecule has 6 rings (SSSR count). The van der Waals surface area contributed by atoms with Crippen LogP contribution < -0.4 is 15.4 Å². The first kappa shape index (κ1) is 26.6. The molecule has 3 aromatic heterocycles. The van der Waals surface area contributed by atoms with Crippen LogP contribution in [0.4, 0.5) is 14.9 Å². The summed E-state index contributed by atoms with van der Waals surface area (Å²) in [6.07, 6.45) is 7.49. The van der Waals surface area contributed by atoms with E-state index in [2.05, 4.69) is 35.0 Å². The number of amides is 2. The van der Waals surface area contributed by atoms with E-state index in [1.807, 2.05) is 18.6 Å². The summed E-state index contributed by atoms with van der Waals surface area (Å²) in [5, 5.41) is 14.6. The van der Waals surface area contributed by atoms with Crippen molar-refractivity contribution in [3.05, 3.63) is 54.9 Å². The van der Waals surface area contributed by atoms with Crippen molar-refractivity contribution in [2.45, 2.75) is 25.4 Å². The fourth-order valence-corrected chi connectivity index (χ4v) is 5.75. The zero-order valence-electron chi connectivity index (χ0n) is 22.1. The molecule has 4 aromatic rings. The van der Waals surface area contributed by atoms with Crippen molar-refractivity contribution >= 4 is 33.3 Å². The molecular formula is C28H32FN7O3S. The van der Waals surface area contributed by atoms with Crippen molar-refractivity contribution in [3.8, 4) is 22.1 Å². The topological polar surface area (TPSA) is 108 Å². The first-order valence-corrected chi connectivity index (χ1v) is 14.4. The standard InChI is InChI=1S/C28H32FN7O3S/c29-21-15-20(33-28(38)32-19-1-2-19)3-4-24(21)39-25-5-6-30-22-16-26(40-27(22)25)23-17-36(18-31-23)12-11-34-7-9-35(10-8-34)13-14-37/h3-6,15-19,37H,1-2,7-14H2,(H2,32,33,38). The molecule has 2 aliphatic rings. The van der Waals surface area contributed by atoms with Crippen molar-refractivity contribution in [2.24, 2.45) is 0 Å². The number of carbonyl (C=O) groups is 1. The number of thiophene rings is 1. The zero-order valence-corrected chi connectivity index (χ0v) is 22.9. The van der Waals surface area contributed by atoms with E-state index in [1.54, 1.807) is 18.3 Å². The number of carbonyl (C=O) groups excluding carboxylic acids is 1. The van der Waals surface area contributed by atoms with E-state index >= 15 is 0 Å². The molecule has 1 aliphatic heterocycles. The number of aliphatic hydroxyl groups excluding tert-OH is 1. The van der Waals surface area contributed by atoms with E-state index in [0.717, 1.165) is 79.4 Å². The van der Waals surface area contributed by atoms with Crippen LogP contribution in [0.25, 0.3) is 20.8 Å². The van der Waals surface area contributed by atoms with Gasteiger partial charge in [0, 0.05) is 82.1 Å². The number of hydrogen-bond acceptors (Lipinski definition) is 8. The van der Waals surface area contributed by atoms with Crippen molar-refractivity contribution < 1.29 is 19.0 Å². The summed E-state index contributed by atoms with van der Waals surface area (Å²) in [7, 11) is 0. The molecule has 0 unspecified atom stereocenters. The molecule has 1 saturated carbocycles. The second-order valence-electron chi connectivity index (χ2n) is 10.2. The van der Waals surface area contributed by atoms with Gasteiger partial charge in [0.1, 0.15) is 5.75 Å². The second-order valence-corrected chi connectivity index (χ2v) is 11.2. The number of fused-ring (bicyclic) bond motifs is 1. The number of imidazole rings is 1. The highest BCUT2D eigenvalue weighted by atomic mass is 32.1. The van der Waals surface area contributed by atoms with Crippen LogP contribution in [0.2, 0.25) is 0 Å². The van der Waals surface area contributed by atoms with Crippen molar-refractivity contribution in [2.75, 3.05) is 51.2 Å². The van der Waals surface area contributed by atoms with Gasteiger partial charge in [0.2, 0.25) is 0 Å². The number of piperazine rings is 1. The number of urea groups is 1. The quantitative estimate of drug-likeness (QED) is 0.267. The molecule has 10 nitrogen and oxygen atoms in total. The third-order valence-corrected chi connectivity index (χ3v) is 8.30. The predicted molar refractivity (Wildman–Crippen MR) is 152 cm³/mol. The highest BCUT2D eigenvalue weighted by Gasteiger charge is 2.23. The van der Waals surface area contributed by atoms with E-state index in [1.165, 1.54) is 23.5 Å². The summed E-state index contributed by atoms with van der Waals surface area (Å²) < 4.78 is 23.7. The molecule has 0 spiro atoms. The SMILES string of the molecule is O=C(Nc1ccc(Oc2ccnc3cc(-c4cn(CCN5CCN(CCO)CC5)cn4)sc23)c(F)c1)NC1CC1. The minimum absolute atomic E-state index is 0.0667. The van der Waals surface area contributed by atoms with E-state index in [4.69, 9.17) is 9.84 Å². The lowest BCUT2D eigenvalue weighted by Crippen LogP contribution is -2.47. The summed E-state index contributed by atoms with van der Waals surface area (Å²) in [4.78, 5) is 26.7. The second kappa shape index (κ2) is 11.9. The molecule has 1 saturated heterocycles. The van der Waals surface area contributed by atoms with E-state index in [0.29, 0.717) is 11.4 Å². The zero-order chi connectivity index (χ0) is 27.5. The lowest BCUT2D eigenvalue weighted by Gasteiger charge is -2.34. The van der Waals surface area contributed by atoms with Crippen LogP contribution in [0.15, 0.2) is 49.1 Å². The average molecular weight is 566 g/mol. The van der Waals surface area contributed by atoms with E-state index < -0.39 is 5.82 Å². The molecular weight excluding hydrogens is 533 g/mol. The molecule has 2 amide bonds. The maximum Gasteiger partial charge on any atom is 0.319 e. The van der Waals surface area contributed by atoms with Gasteiger partial charge in [0.25, 0.3) is 0 Å². The Labute approximate surface area is 235 Å². The Morgan fingerprint density at radius 1 is 1.05 bits per heavy atom. The Kier molecular flexibility index (Phi) is 7.91. The van der Waals surface area contributed by atoms with Crippen LogP contribution in [0.3, 0.4) is 0 Å². The van der Waals surface area contributed by atoms with Crippen LogP contribution >= 0.6 is 11.3 Å². The normalized spacial score (nSPS) is 16.4. The fourth-order valence-electron chi connectivity index (χ4n) is 4.73. The Morgan fingerprint density at radius 3 is 2.60 bits per heavy atom. The van der Waals surface area contributed by atoms with Gasteiger partial charge in [-0.25, -0.2) is 14.2 Å². The van der Waals surface area contributed by atoms with Gasteiger partial charge < -0.3 is 25.0 Å². The number of hydrogen-bond donors (Lipinski definition) is 3. The third-order valence-electron chi connectivity index (χ3n) is 7.14. The maximum absolute atomic E-state index is 14.9. The molecule has 3 N–H and O–H groups in total.